The van der Waals surface area contributed by atoms with Crippen molar-refractivity contribution in [1.82, 2.24) is 4.98 Å². The lowest BCUT2D eigenvalue weighted by atomic mass is 10.2. The van der Waals surface area contributed by atoms with Gasteiger partial charge in [-0.15, -0.1) is 0 Å². The van der Waals surface area contributed by atoms with Gasteiger partial charge in [-0.3, -0.25) is 34.7 Å². The van der Waals surface area contributed by atoms with E-state index in [1.807, 2.05) is 0 Å². The molecule has 0 saturated carbocycles. The molecule has 0 aliphatic carbocycles. The third kappa shape index (κ3) is 4.36. The van der Waals surface area contributed by atoms with Crippen molar-refractivity contribution < 1.29 is 27.7 Å². The highest BCUT2D eigenvalue weighted by atomic mass is 32.2. The van der Waals surface area contributed by atoms with Crippen molar-refractivity contribution in [3.63, 3.8) is 0 Å². The summed E-state index contributed by atoms with van der Waals surface area (Å²) in [4.78, 5) is 51.1. The normalized spacial score (nSPS) is 13.9. The van der Waals surface area contributed by atoms with Gasteiger partial charge >= 0.3 is 0 Å². The summed E-state index contributed by atoms with van der Waals surface area (Å²) in [6.07, 6.45) is 1.39. The first-order chi connectivity index (χ1) is 15.7. The number of carbonyl (C=O) groups excluding carboxylic acids is 3. The summed E-state index contributed by atoms with van der Waals surface area (Å²) in [5.41, 5.74) is 0.341. The summed E-state index contributed by atoms with van der Waals surface area (Å²) in [5, 5.41) is 13.3. The number of carbonyl (C=O) groups is 3. The second kappa shape index (κ2) is 8.52. The Morgan fingerprint density at radius 3 is 2.21 bits per heavy atom. The van der Waals surface area contributed by atoms with Gasteiger partial charge in [-0.2, -0.15) is 0 Å². The largest absolute Gasteiger partial charge is 0.298 e. The number of amides is 3. The number of hydrogen-bond acceptors (Lipinski definition) is 9. The van der Waals surface area contributed by atoms with Gasteiger partial charge in [-0.25, -0.2) is 13.4 Å². The Morgan fingerprint density at radius 2 is 1.64 bits per heavy atom. The van der Waals surface area contributed by atoms with E-state index in [-0.39, 0.29) is 50.1 Å². The predicted molar refractivity (Wildman–Crippen MR) is 117 cm³/mol. The molecule has 1 fully saturated rings. The van der Waals surface area contributed by atoms with Gasteiger partial charge in [0.05, 0.1) is 21.7 Å². The number of aromatic nitrogens is 1. The summed E-state index contributed by atoms with van der Waals surface area (Å²) in [5.74, 6) is -1.17. The molecule has 11 nitrogen and oxygen atoms in total. The Balaban J connectivity index is 1.48. The lowest BCUT2D eigenvalue weighted by Crippen LogP contribution is -2.28. The molecule has 0 radical (unpaired) electrons. The molecular formula is C20H14N4O7S2. The van der Waals surface area contributed by atoms with Crippen molar-refractivity contribution in [3.8, 4) is 0 Å². The molecule has 1 aliphatic heterocycles. The monoisotopic (exact) mass is 486 g/mol. The number of hydrogen-bond donors (Lipinski definition) is 1. The molecule has 3 aromatic rings. The Hall–Kier alpha value is -3.97. The van der Waals surface area contributed by atoms with E-state index in [9.17, 15) is 32.9 Å². The highest BCUT2D eigenvalue weighted by molar-refractivity contribution is 7.93. The Morgan fingerprint density at radius 1 is 1.03 bits per heavy atom. The quantitative estimate of drug-likeness (QED) is 0.317. The van der Waals surface area contributed by atoms with E-state index in [0.29, 0.717) is 5.69 Å². The van der Waals surface area contributed by atoms with Crippen molar-refractivity contribution >= 4 is 55.4 Å². The molecular weight excluding hydrogens is 472 g/mol. The van der Waals surface area contributed by atoms with Crippen molar-refractivity contribution in [2.75, 3.05) is 10.2 Å². The van der Waals surface area contributed by atoms with Crippen LogP contribution in [0.5, 0.6) is 0 Å². The lowest BCUT2D eigenvalue weighted by Gasteiger charge is -2.13. The summed E-state index contributed by atoms with van der Waals surface area (Å²) >= 11 is 0.730. The van der Waals surface area contributed by atoms with Crippen LogP contribution >= 0.6 is 11.3 Å². The fraction of sp³-hybridized carbons (Fsp3) is 0.100. The summed E-state index contributed by atoms with van der Waals surface area (Å²) in [6, 6.07) is 10.3. The van der Waals surface area contributed by atoms with Gasteiger partial charge in [0.2, 0.25) is 21.7 Å². The van der Waals surface area contributed by atoms with E-state index in [2.05, 4.69) is 10.3 Å². The van der Waals surface area contributed by atoms with E-state index in [4.69, 9.17) is 0 Å². The fourth-order valence-corrected chi connectivity index (χ4v) is 5.53. The average Bonchev–Trinajstić information content (AvgIpc) is 3.40. The maximum atomic E-state index is 12.7. The molecule has 13 heteroatoms. The molecule has 2 aromatic carbocycles. The van der Waals surface area contributed by atoms with E-state index >= 15 is 0 Å². The third-order valence-electron chi connectivity index (χ3n) is 4.77. The highest BCUT2D eigenvalue weighted by Crippen LogP contribution is 2.30. The van der Waals surface area contributed by atoms with Crippen LogP contribution in [0, 0.1) is 10.1 Å². The molecule has 0 unspecified atom stereocenters. The molecule has 0 atom stereocenters. The average molecular weight is 486 g/mol. The van der Waals surface area contributed by atoms with Crippen LogP contribution in [0.4, 0.5) is 16.5 Å². The minimum absolute atomic E-state index is 0.0365. The van der Waals surface area contributed by atoms with Crippen molar-refractivity contribution in [3.05, 3.63) is 70.4 Å². The molecule has 0 spiro atoms. The van der Waals surface area contributed by atoms with Crippen LogP contribution in [0.2, 0.25) is 0 Å². The van der Waals surface area contributed by atoms with Gasteiger partial charge in [0.1, 0.15) is 4.21 Å². The van der Waals surface area contributed by atoms with E-state index < -0.39 is 20.7 Å². The number of sulfone groups is 1. The Labute approximate surface area is 190 Å². The van der Waals surface area contributed by atoms with Gasteiger partial charge in [0, 0.05) is 30.5 Å². The van der Waals surface area contributed by atoms with Crippen molar-refractivity contribution in [1.29, 1.82) is 0 Å². The molecule has 1 aromatic heterocycles. The van der Waals surface area contributed by atoms with Crippen LogP contribution in [-0.2, 0) is 19.4 Å². The molecule has 1 saturated heterocycles. The smallest absolute Gasteiger partial charge is 0.269 e. The van der Waals surface area contributed by atoms with E-state index in [0.717, 1.165) is 46.7 Å². The minimum atomic E-state index is -3.97. The molecule has 168 valence electrons. The first-order valence-corrected chi connectivity index (χ1v) is 11.7. The molecule has 33 heavy (non-hydrogen) atoms. The van der Waals surface area contributed by atoms with Crippen LogP contribution in [0.1, 0.15) is 23.2 Å². The van der Waals surface area contributed by atoms with E-state index in [1.54, 1.807) is 0 Å². The summed E-state index contributed by atoms with van der Waals surface area (Å²) < 4.78 is 25.3. The Bertz CT molecular complexity index is 1360. The topological polar surface area (TPSA) is 157 Å². The number of thiazole rings is 1. The van der Waals surface area contributed by atoms with Crippen molar-refractivity contribution in [2.45, 2.75) is 21.9 Å². The molecule has 1 aliphatic rings. The number of benzene rings is 2. The fourth-order valence-electron chi connectivity index (χ4n) is 3.10. The number of non-ortho nitro benzene ring substituents is 1. The zero-order valence-electron chi connectivity index (χ0n) is 16.6. The van der Waals surface area contributed by atoms with Gasteiger partial charge < -0.3 is 0 Å². The first-order valence-electron chi connectivity index (χ1n) is 9.39. The first kappa shape index (κ1) is 22.2. The van der Waals surface area contributed by atoms with Gasteiger partial charge in [0.25, 0.3) is 11.6 Å². The molecule has 0 bridgehead atoms. The standard InChI is InChI=1S/C20H14N4O7S2/c25-16-9-10-17(26)23(16)13-3-1-12(2-4-13)19(27)22-20-21-11-18(32-20)33(30,31)15-7-5-14(6-8-15)24(28)29/h1-8,11H,9-10H2,(H,21,22,27). The molecule has 2 heterocycles. The summed E-state index contributed by atoms with van der Waals surface area (Å²) in [7, 11) is -3.97. The lowest BCUT2D eigenvalue weighted by molar-refractivity contribution is -0.384. The SMILES string of the molecule is O=C(Nc1ncc(S(=O)(=O)c2ccc([N+](=O)[O-])cc2)s1)c1ccc(N2C(=O)CCC2=O)cc1. The number of nitro benzene ring substituents is 1. The third-order valence-corrected chi connectivity index (χ3v) is 7.91. The zero-order valence-corrected chi connectivity index (χ0v) is 18.3. The van der Waals surface area contributed by atoms with Gasteiger partial charge in [-0.1, -0.05) is 11.3 Å². The van der Waals surface area contributed by atoms with E-state index in [1.165, 1.54) is 24.3 Å². The molecule has 4 rings (SSSR count). The van der Waals surface area contributed by atoms with Crippen LogP contribution in [0.3, 0.4) is 0 Å². The van der Waals surface area contributed by atoms with Crippen LogP contribution in [0.25, 0.3) is 0 Å². The number of nitrogens with zero attached hydrogens (tertiary/aromatic N) is 3. The van der Waals surface area contributed by atoms with Crippen LogP contribution in [0.15, 0.2) is 63.8 Å². The number of imide groups is 1. The molecule has 1 N–H and O–H groups in total. The number of anilines is 2. The van der Waals surface area contributed by atoms with Gasteiger partial charge in [0.15, 0.2) is 5.13 Å². The maximum Gasteiger partial charge on any atom is 0.269 e. The maximum absolute atomic E-state index is 12.7. The second-order valence-corrected chi connectivity index (χ2v) is 10.1. The molecule has 3 amide bonds. The van der Waals surface area contributed by atoms with Crippen molar-refractivity contribution in [2.24, 2.45) is 0 Å². The summed E-state index contributed by atoms with van der Waals surface area (Å²) in [6.45, 7) is 0. The highest BCUT2D eigenvalue weighted by Gasteiger charge is 2.30. The van der Waals surface area contributed by atoms with Crippen LogP contribution < -0.4 is 10.2 Å². The van der Waals surface area contributed by atoms with Gasteiger partial charge in [-0.05, 0) is 36.4 Å². The number of nitro groups is 1. The predicted octanol–water partition coefficient (Wildman–Crippen LogP) is 2.79. The van der Waals surface area contributed by atoms with Crippen LogP contribution in [-0.4, -0.2) is 36.0 Å². The zero-order chi connectivity index (χ0) is 23.8. The Kier molecular flexibility index (Phi) is 5.74. The second-order valence-electron chi connectivity index (χ2n) is 6.86. The number of nitrogens with one attached hydrogen (secondary N) is 1. The number of rotatable bonds is 6. The minimum Gasteiger partial charge on any atom is -0.298 e.